The van der Waals surface area contributed by atoms with Crippen LogP contribution in [0.15, 0.2) is 18.6 Å². The molecule has 0 N–H and O–H groups in total. The van der Waals surface area contributed by atoms with Crippen LogP contribution in [-0.2, 0) is 0 Å². The lowest BCUT2D eigenvalue weighted by atomic mass is 10.2. The zero-order valence-electron chi connectivity index (χ0n) is 6.95. The number of hydrogen-bond acceptors (Lipinski definition) is 2. The highest BCUT2D eigenvalue weighted by Crippen LogP contribution is 2.21. The molecular formula is C9H6ClN3. The summed E-state index contributed by atoms with van der Waals surface area (Å²) in [5, 5.41) is 9.48. The summed E-state index contributed by atoms with van der Waals surface area (Å²) in [4.78, 5) is 4.07. The highest BCUT2D eigenvalue weighted by molar-refractivity contribution is 6.31. The van der Waals surface area contributed by atoms with E-state index in [-0.39, 0.29) is 0 Å². The summed E-state index contributed by atoms with van der Waals surface area (Å²) in [6.45, 7) is 1.82. The van der Waals surface area contributed by atoms with Gasteiger partial charge in [0.15, 0.2) is 5.65 Å². The molecule has 13 heavy (non-hydrogen) atoms. The summed E-state index contributed by atoms with van der Waals surface area (Å²) >= 11 is 5.93. The van der Waals surface area contributed by atoms with E-state index in [1.54, 1.807) is 23.0 Å². The van der Waals surface area contributed by atoms with Crippen molar-refractivity contribution in [2.24, 2.45) is 0 Å². The zero-order valence-corrected chi connectivity index (χ0v) is 7.71. The Bertz CT molecular complexity index is 507. The van der Waals surface area contributed by atoms with Crippen molar-refractivity contribution < 1.29 is 0 Å². The first kappa shape index (κ1) is 8.09. The first-order valence-electron chi connectivity index (χ1n) is 3.76. The predicted molar refractivity (Wildman–Crippen MR) is 49.7 cm³/mol. The van der Waals surface area contributed by atoms with Crippen LogP contribution in [-0.4, -0.2) is 9.38 Å². The second kappa shape index (κ2) is 2.75. The summed E-state index contributed by atoms with van der Waals surface area (Å²) in [5.41, 5.74) is 1.98. The van der Waals surface area contributed by atoms with Crippen LogP contribution in [0.2, 0.25) is 5.02 Å². The molecule has 0 aliphatic rings. The largest absolute Gasteiger partial charge is 0.304 e. The molecule has 0 aliphatic heterocycles. The van der Waals surface area contributed by atoms with Crippen molar-refractivity contribution in [3.05, 3.63) is 34.7 Å². The Kier molecular flexibility index (Phi) is 1.71. The topological polar surface area (TPSA) is 41.1 Å². The van der Waals surface area contributed by atoms with Crippen molar-refractivity contribution in [3.63, 3.8) is 0 Å². The first-order chi connectivity index (χ1) is 6.24. The van der Waals surface area contributed by atoms with Crippen molar-refractivity contribution in [3.8, 4) is 6.07 Å². The average Bonchev–Trinajstić information content (AvgIpc) is 2.54. The van der Waals surface area contributed by atoms with Crippen LogP contribution in [0.4, 0.5) is 0 Å². The molecule has 2 aromatic rings. The van der Waals surface area contributed by atoms with E-state index >= 15 is 0 Å². The fourth-order valence-electron chi connectivity index (χ4n) is 1.25. The van der Waals surface area contributed by atoms with Gasteiger partial charge >= 0.3 is 0 Å². The fraction of sp³-hybridized carbons (Fsp3) is 0.111. The minimum Gasteiger partial charge on any atom is -0.304 e. The molecule has 0 saturated heterocycles. The standard InChI is InChI=1S/C9H6ClN3/c1-6-7(4-11)9-12-2-3-13(9)5-8(6)10/h2-3,5H,1H3. The molecule has 0 amide bonds. The molecule has 2 rings (SSSR count). The van der Waals surface area contributed by atoms with Crippen LogP contribution >= 0.6 is 11.6 Å². The molecule has 0 saturated carbocycles. The second-order valence-electron chi connectivity index (χ2n) is 2.75. The van der Waals surface area contributed by atoms with Crippen LogP contribution < -0.4 is 0 Å². The number of hydrogen-bond donors (Lipinski definition) is 0. The van der Waals surface area contributed by atoms with Crippen molar-refractivity contribution in [1.82, 2.24) is 9.38 Å². The molecule has 0 fully saturated rings. The molecule has 0 radical (unpaired) electrons. The molecule has 0 aromatic carbocycles. The van der Waals surface area contributed by atoms with E-state index in [0.717, 1.165) is 5.56 Å². The Hall–Kier alpha value is -1.53. The van der Waals surface area contributed by atoms with E-state index in [1.165, 1.54) is 0 Å². The third kappa shape index (κ3) is 1.07. The van der Waals surface area contributed by atoms with Gasteiger partial charge in [-0.2, -0.15) is 5.26 Å². The Labute approximate surface area is 80.2 Å². The second-order valence-corrected chi connectivity index (χ2v) is 3.15. The van der Waals surface area contributed by atoms with Gasteiger partial charge in [0.05, 0.1) is 10.6 Å². The molecule has 2 heterocycles. The molecule has 0 atom stereocenters. The van der Waals surface area contributed by atoms with E-state index in [2.05, 4.69) is 11.1 Å². The van der Waals surface area contributed by atoms with Crippen molar-refractivity contribution in [2.45, 2.75) is 6.92 Å². The number of nitriles is 1. The minimum atomic E-state index is 0.539. The van der Waals surface area contributed by atoms with Gasteiger partial charge in [-0.05, 0) is 12.5 Å². The lowest BCUT2D eigenvalue weighted by molar-refractivity contribution is 1.16. The maximum Gasteiger partial charge on any atom is 0.155 e. The normalized spacial score (nSPS) is 10.2. The summed E-state index contributed by atoms with van der Waals surface area (Å²) in [6.07, 6.45) is 5.16. The van der Waals surface area contributed by atoms with Crippen molar-refractivity contribution in [2.75, 3.05) is 0 Å². The van der Waals surface area contributed by atoms with Crippen molar-refractivity contribution >= 4 is 17.2 Å². The van der Waals surface area contributed by atoms with E-state index in [9.17, 15) is 0 Å². The van der Waals surface area contributed by atoms with E-state index < -0.39 is 0 Å². The lowest BCUT2D eigenvalue weighted by Gasteiger charge is -2.02. The van der Waals surface area contributed by atoms with E-state index in [0.29, 0.717) is 16.2 Å². The van der Waals surface area contributed by atoms with Crippen LogP contribution in [0, 0.1) is 18.3 Å². The first-order valence-corrected chi connectivity index (χ1v) is 4.13. The lowest BCUT2D eigenvalue weighted by Crippen LogP contribution is -1.92. The number of fused-ring (bicyclic) bond motifs is 1. The number of rotatable bonds is 0. The van der Waals surface area contributed by atoms with Gasteiger partial charge in [-0.3, -0.25) is 0 Å². The Morgan fingerprint density at radius 2 is 2.38 bits per heavy atom. The number of nitrogens with zero attached hydrogens (tertiary/aromatic N) is 3. The Balaban J connectivity index is 2.98. The molecule has 0 bridgehead atoms. The van der Waals surface area contributed by atoms with Gasteiger partial charge in [-0.15, -0.1) is 0 Å². The van der Waals surface area contributed by atoms with Gasteiger partial charge in [0.25, 0.3) is 0 Å². The summed E-state index contributed by atoms with van der Waals surface area (Å²) in [5.74, 6) is 0. The molecular weight excluding hydrogens is 186 g/mol. The Morgan fingerprint density at radius 1 is 1.62 bits per heavy atom. The van der Waals surface area contributed by atoms with Gasteiger partial charge in [-0.1, -0.05) is 11.6 Å². The van der Waals surface area contributed by atoms with Gasteiger partial charge in [0.2, 0.25) is 0 Å². The average molecular weight is 192 g/mol. The molecule has 0 unspecified atom stereocenters. The monoisotopic (exact) mass is 191 g/mol. The van der Waals surface area contributed by atoms with Crippen molar-refractivity contribution in [1.29, 1.82) is 5.26 Å². The minimum absolute atomic E-state index is 0.539. The summed E-state index contributed by atoms with van der Waals surface area (Å²) < 4.78 is 1.74. The SMILES string of the molecule is Cc1c(Cl)cn2ccnc2c1C#N. The number of imidazole rings is 1. The van der Waals surface area contributed by atoms with Gasteiger partial charge in [0.1, 0.15) is 6.07 Å². The summed E-state index contributed by atoms with van der Waals surface area (Å²) in [7, 11) is 0. The number of halogens is 1. The van der Waals surface area contributed by atoms with Crippen LogP contribution in [0.25, 0.3) is 5.65 Å². The molecule has 3 nitrogen and oxygen atoms in total. The zero-order chi connectivity index (χ0) is 9.42. The smallest absolute Gasteiger partial charge is 0.155 e. The van der Waals surface area contributed by atoms with Crippen LogP contribution in [0.1, 0.15) is 11.1 Å². The highest BCUT2D eigenvalue weighted by Gasteiger charge is 2.08. The number of pyridine rings is 1. The molecule has 2 aromatic heterocycles. The Morgan fingerprint density at radius 3 is 3.08 bits per heavy atom. The molecule has 4 heteroatoms. The maximum atomic E-state index is 8.90. The highest BCUT2D eigenvalue weighted by atomic mass is 35.5. The maximum absolute atomic E-state index is 8.90. The quantitative estimate of drug-likeness (QED) is 0.641. The fourth-order valence-corrected chi connectivity index (χ4v) is 1.45. The van der Waals surface area contributed by atoms with Crippen LogP contribution in [0.3, 0.4) is 0 Å². The molecule has 0 spiro atoms. The molecule has 0 aliphatic carbocycles. The van der Waals surface area contributed by atoms with Gasteiger partial charge in [-0.25, -0.2) is 4.98 Å². The van der Waals surface area contributed by atoms with Gasteiger partial charge < -0.3 is 4.40 Å². The van der Waals surface area contributed by atoms with Gasteiger partial charge in [0, 0.05) is 18.6 Å². The predicted octanol–water partition coefficient (Wildman–Crippen LogP) is 2.17. The number of aromatic nitrogens is 2. The third-order valence-corrected chi connectivity index (χ3v) is 2.37. The van der Waals surface area contributed by atoms with Crippen LogP contribution in [0.5, 0.6) is 0 Å². The summed E-state index contributed by atoms with van der Waals surface area (Å²) in [6, 6.07) is 2.10. The third-order valence-electron chi connectivity index (χ3n) is 1.99. The van der Waals surface area contributed by atoms with E-state index in [4.69, 9.17) is 16.9 Å². The molecule has 64 valence electrons. The van der Waals surface area contributed by atoms with E-state index in [1.807, 2.05) is 6.92 Å².